The molecule has 0 saturated heterocycles. The molecule has 0 aromatic rings. The van der Waals surface area contributed by atoms with Crippen molar-refractivity contribution in [3.63, 3.8) is 0 Å². The molecule has 0 aromatic heterocycles. The summed E-state index contributed by atoms with van der Waals surface area (Å²) >= 11 is 0. The lowest BCUT2D eigenvalue weighted by molar-refractivity contribution is -0.161. The Kier molecular flexibility index (Phi) is 95.5. The number of hydrogen-bond donors (Lipinski definition) is 4. The standard InChI is InChI=1S/C109H186O16P2/c1-4-7-10-13-16-19-22-25-28-31-34-37-39-41-43-45-47-49-51-53-55-57-59-61-63-66-68-71-74-77-80-83-86-89-92-95-107(112)119-98-104(110)99-121-126(115,116)122-100-105(111)101-123-127(117,118)124-103-106(125-109(114)97-94-91-88-85-82-79-76-73-70-65-36-33-30-27-24-21-18-15-12-9-6-3)102-120-108(113)96-93-90-87-84-81-78-75-72-69-67-64-62-60-58-56-54-52-50-48-46-44-42-40-38-35-32-29-26-23-20-17-14-11-8-5-2/h7-12,16-21,25-30,34-38,41-44,65,73,76,104-106,110-111H,4-6,13-15,22-24,31-33,39-40,45-64,66-72,74-75,77-103H2,1-3H3,(H,115,116)(H,117,118)/b10-7-,11-8-,12-9-,19-16-,20-17-,21-18-,28-25-,29-26-,30-27-,37-34-,38-35-,43-41-,44-42-,65-36-,76-73-. The maximum absolute atomic E-state index is 13.1. The molecule has 0 aliphatic heterocycles. The molecule has 127 heavy (non-hydrogen) atoms. The normalized spacial score (nSPS) is 14.4. The Morgan fingerprint density at radius 3 is 0.622 bits per heavy atom. The Labute approximate surface area is 776 Å². The fraction of sp³-hybridized carbons (Fsp3) is 0.697. The number of phosphoric acid groups is 2. The van der Waals surface area contributed by atoms with Crippen LogP contribution in [0, 0.1) is 0 Å². The van der Waals surface area contributed by atoms with Crippen LogP contribution in [0.1, 0.15) is 432 Å². The van der Waals surface area contributed by atoms with E-state index in [2.05, 4.69) is 203 Å². The zero-order valence-corrected chi connectivity index (χ0v) is 82.4. The first-order valence-electron chi connectivity index (χ1n) is 51.1. The average molecular weight is 1810 g/mol. The molecule has 0 fully saturated rings. The molecule has 0 spiro atoms. The predicted molar refractivity (Wildman–Crippen MR) is 537 cm³/mol. The van der Waals surface area contributed by atoms with Crippen LogP contribution >= 0.6 is 15.6 Å². The summed E-state index contributed by atoms with van der Waals surface area (Å²) in [5.74, 6) is -1.58. The highest BCUT2D eigenvalue weighted by Gasteiger charge is 2.30. The van der Waals surface area contributed by atoms with Crippen molar-refractivity contribution in [2.45, 2.75) is 450 Å². The van der Waals surface area contributed by atoms with Gasteiger partial charge in [0, 0.05) is 19.3 Å². The Morgan fingerprint density at radius 1 is 0.220 bits per heavy atom. The van der Waals surface area contributed by atoms with Crippen molar-refractivity contribution in [1.82, 2.24) is 0 Å². The molecule has 728 valence electrons. The summed E-state index contributed by atoms with van der Waals surface area (Å²) in [6.07, 6.45) is 133. The summed E-state index contributed by atoms with van der Waals surface area (Å²) in [6, 6.07) is 0. The van der Waals surface area contributed by atoms with Crippen LogP contribution in [0.5, 0.6) is 0 Å². The molecule has 18 heteroatoms. The van der Waals surface area contributed by atoms with Gasteiger partial charge in [0.15, 0.2) is 6.10 Å². The van der Waals surface area contributed by atoms with E-state index in [0.717, 1.165) is 167 Å². The van der Waals surface area contributed by atoms with Crippen LogP contribution in [0.25, 0.3) is 0 Å². The second kappa shape index (κ2) is 99.7. The van der Waals surface area contributed by atoms with E-state index >= 15 is 0 Å². The van der Waals surface area contributed by atoms with Crippen molar-refractivity contribution in [3.05, 3.63) is 182 Å². The van der Waals surface area contributed by atoms with Gasteiger partial charge >= 0.3 is 33.6 Å². The third-order valence-corrected chi connectivity index (χ3v) is 23.5. The minimum Gasteiger partial charge on any atom is -0.463 e. The largest absolute Gasteiger partial charge is 0.472 e. The molecular weight excluding hydrogens is 1630 g/mol. The number of phosphoric ester groups is 2. The van der Waals surface area contributed by atoms with Gasteiger partial charge < -0.3 is 34.2 Å². The summed E-state index contributed by atoms with van der Waals surface area (Å²) in [5.41, 5.74) is 0. The van der Waals surface area contributed by atoms with Gasteiger partial charge in [-0.1, -0.05) is 441 Å². The fourth-order valence-electron chi connectivity index (χ4n) is 14.0. The van der Waals surface area contributed by atoms with Gasteiger partial charge in [0.25, 0.3) is 0 Å². The molecule has 0 bridgehead atoms. The number of esters is 3. The topological polar surface area (TPSA) is 231 Å². The first-order valence-corrected chi connectivity index (χ1v) is 54.1. The van der Waals surface area contributed by atoms with Crippen LogP contribution in [0.2, 0.25) is 0 Å². The number of allylic oxidation sites excluding steroid dienone is 30. The van der Waals surface area contributed by atoms with Crippen LogP contribution in [0.3, 0.4) is 0 Å². The molecule has 5 unspecified atom stereocenters. The number of rotatable bonds is 96. The summed E-state index contributed by atoms with van der Waals surface area (Å²) in [7, 11) is -9.82. The number of carbonyl (C=O) groups excluding carboxylic acids is 3. The summed E-state index contributed by atoms with van der Waals surface area (Å²) in [6.45, 7) is 2.39. The van der Waals surface area contributed by atoms with Gasteiger partial charge in [-0.2, -0.15) is 0 Å². The lowest BCUT2D eigenvalue weighted by Crippen LogP contribution is -2.30. The maximum Gasteiger partial charge on any atom is 0.472 e. The molecule has 5 atom stereocenters. The number of aliphatic hydroxyl groups is 2. The highest BCUT2D eigenvalue weighted by molar-refractivity contribution is 7.47. The zero-order valence-electron chi connectivity index (χ0n) is 80.6. The van der Waals surface area contributed by atoms with Crippen molar-refractivity contribution in [1.29, 1.82) is 0 Å². The molecule has 0 aromatic carbocycles. The van der Waals surface area contributed by atoms with Crippen molar-refractivity contribution >= 4 is 33.6 Å². The Morgan fingerprint density at radius 2 is 0.394 bits per heavy atom. The van der Waals surface area contributed by atoms with E-state index in [-0.39, 0.29) is 19.3 Å². The molecule has 0 aliphatic carbocycles. The van der Waals surface area contributed by atoms with E-state index in [1.807, 2.05) is 0 Å². The van der Waals surface area contributed by atoms with Gasteiger partial charge in [-0.3, -0.25) is 32.5 Å². The third kappa shape index (κ3) is 101. The Bertz CT molecular complexity index is 3040. The maximum atomic E-state index is 13.1. The quantitative estimate of drug-likeness (QED) is 0.0146. The third-order valence-electron chi connectivity index (χ3n) is 21.6. The fourth-order valence-corrected chi connectivity index (χ4v) is 15.6. The van der Waals surface area contributed by atoms with Crippen LogP contribution < -0.4 is 0 Å². The Balaban J connectivity index is 4.51. The van der Waals surface area contributed by atoms with E-state index in [9.17, 15) is 43.5 Å². The van der Waals surface area contributed by atoms with E-state index in [1.165, 1.54) is 205 Å². The van der Waals surface area contributed by atoms with Crippen molar-refractivity contribution in [2.24, 2.45) is 0 Å². The van der Waals surface area contributed by atoms with Crippen LogP contribution in [0.15, 0.2) is 182 Å². The van der Waals surface area contributed by atoms with Crippen LogP contribution in [-0.4, -0.2) is 95.9 Å². The van der Waals surface area contributed by atoms with E-state index in [0.29, 0.717) is 19.3 Å². The summed E-state index contributed by atoms with van der Waals surface area (Å²) in [4.78, 5) is 59.2. The number of hydrogen-bond acceptors (Lipinski definition) is 14. The summed E-state index contributed by atoms with van der Waals surface area (Å²) < 4.78 is 61.6. The van der Waals surface area contributed by atoms with Gasteiger partial charge in [-0.05, 0) is 154 Å². The molecule has 4 N–H and O–H groups in total. The smallest absolute Gasteiger partial charge is 0.463 e. The lowest BCUT2D eigenvalue weighted by Gasteiger charge is -2.21. The molecule has 16 nitrogen and oxygen atoms in total. The first-order chi connectivity index (χ1) is 62.2. The molecule has 0 radical (unpaired) electrons. The lowest BCUT2D eigenvalue weighted by atomic mass is 10.0. The van der Waals surface area contributed by atoms with E-state index in [4.69, 9.17) is 32.3 Å². The highest BCUT2D eigenvalue weighted by Crippen LogP contribution is 2.45. The molecular formula is C109H186O16P2. The number of unbranched alkanes of at least 4 members (excludes halogenated alkanes) is 43. The van der Waals surface area contributed by atoms with Crippen LogP contribution in [0.4, 0.5) is 0 Å². The predicted octanol–water partition coefficient (Wildman–Crippen LogP) is 32.3. The first kappa shape index (κ1) is 122. The van der Waals surface area contributed by atoms with Gasteiger partial charge in [0.2, 0.25) is 0 Å². The zero-order chi connectivity index (χ0) is 92.1. The second-order valence-corrected chi connectivity index (χ2v) is 36.8. The van der Waals surface area contributed by atoms with Crippen LogP contribution in [-0.2, 0) is 55.8 Å². The minimum atomic E-state index is -4.95. The van der Waals surface area contributed by atoms with E-state index < -0.39 is 91.5 Å². The molecule has 0 saturated carbocycles. The molecule has 0 rings (SSSR count). The summed E-state index contributed by atoms with van der Waals surface area (Å²) in [5, 5.41) is 20.8. The molecule has 0 amide bonds. The minimum absolute atomic E-state index is 0.0800. The monoisotopic (exact) mass is 1810 g/mol. The van der Waals surface area contributed by atoms with Crippen molar-refractivity contribution < 1.29 is 75.8 Å². The number of ether oxygens (including phenoxy) is 3. The van der Waals surface area contributed by atoms with Gasteiger partial charge in [-0.25, -0.2) is 9.13 Å². The highest BCUT2D eigenvalue weighted by atomic mass is 31.2. The van der Waals surface area contributed by atoms with Crippen molar-refractivity contribution in [2.75, 3.05) is 39.6 Å². The SMILES string of the molecule is CC/C=C\C/C=C\C/C=C\C/C=C\C/C=C\CCCCCCCCCCCCCCCCCCCCCC(=O)OCC(O)COP(=O)(O)OCC(O)COP(=O)(O)OCC(COC(=O)CCCCCCCCCCCCCCCCCCCCC/C=C\C/C=C\C/C=C\C/C=C\C/C=C\CC)OC(=O)CCCCCCC/C=C\C/C=C\C/C=C\C/C=C\C/C=C\CC. The van der Waals surface area contributed by atoms with E-state index in [1.54, 1.807) is 0 Å². The van der Waals surface area contributed by atoms with Gasteiger partial charge in [0.1, 0.15) is 25.4 Å². The molecule has 0 aliphatic rings. The van der Waals surface area contributed by atoms with Gasteiger partial charge in [0.05, 0.1) is 26.4 Å². The number of aliphatic hydroxyl groups excluding tert-OH is 2. The molecule has 0 heterocycles. The van der Waals surface area contributed by atoms with Crippen molar-refractivity contribution in [3.8, 4) is 0 Å². The Hall–Kier alpha value is -5.35. The van der Waals surface area contributed by atoms with Gasteiger partial charge in [-0.15, -0.1) is 0 Å². The number of carbonyl (C=O) groups is 3. The second-order valence-electron chi connectivity index (χ2n) is 33.8. The average Bonchev–Trinajstić information content (AvgIpc) is 0.893.